The number of amides is 2. The molecule has 1 aliphatic rings. The van der Waals surface area contributed by atoms with Crippen LogP contribution in [0.25, 0.3) is 0 Å². The second-order valence-electron chi connectivity index (χ2n) is 6.13. The molecule has 0 saturated carbocycles. The minimum absolute atomic E-state index is 0.112. The van der Waals surface area contributed by atoms with Gasteiger partial charge in [-0.25, -0.2) is 4.79 Å². The SMILES string of the molecule is CC1(C)CN(C(=O)NCCc2ccncc2)C[C@@H](C(F)(F)F)O1. The largest absolute Gasteiger partial charge is 0.416 e. The number of morpholine rings is 1. The Morgan fingerprint density at radius 1 is 1.43 bits per heavy atom. The number of pyridine rings is 1. The topological polar surface area (TPSA) is 54.5 Å². The molecule has 0 unspecified atom stereocenters. The minimum atomic E-state index is -4.49. The Morgan fingerprint density at radius 3 is 2.70 bits per heavy atom. The average molecular weight is 331 g/mol. The van der Waals surface area contributed by atoms with Gasteiger partial charge >= 0.3 is 12.2 Å². The van der Waals surface area contributed by atoms with Crippen LogP contribution in [-0.4, -0.2) is 53.4 Å². The first kappa shape index (κ1) is 17.5. The van der Waals surface area contributed by atoms with E-state index >= 15 is 0 Å². The van der Waals surface area contributed by atoms with E-state index in [9.17, 15) is 18.0 Å². The van der Waals surface area contributed by atoms with Crippen LogP contribution in [0.2, 0.25) is 0 Å². The van der Waals surface area contributed by atoms with Gasteiger partial charge in [0.15, 0.2) is 6.10 Å². The van der Waals surface area contributed by atoms with Crippen molar-refractivity contribution in [3.8, 4) is 0 Å². The molecule has 0 radical (unpaired) electrons. The molecule has 2 rings (SSSR count). The maximum absolute atomic E-state index is 12.9. The fourth-order valence-electron chi connectivity index (χ4n) is 2.48. The zero-order valence-corrected chi connectivity index (χ0v) is 13.1. The quantitative estimate of drug-likeness (QED) is 0.925. The molecule has 0 aromatic carbocycles. The normalized spacial score (nSPS) is 21.1. The van der Waals surface area contributed by atoms with E-state index in [1.807, 2.05) is 12.1 Å². The van der Waals surface area contributed by atoms with Crippen molar-refractivity contribution in [1.29, 1.82) is 0 Å². The highest BCUT2D eigenvalue weighted by molar-refractivity contribution is 5.74. The molecule has 128 valence electrons. The molecule has 0 aliphatic carbocycles. The van der Waals surface area contributed by atoms with E-state index in [0.717, 1.165) is 10.5 Å². The van der Waals surface area contributed by atoms with Crippen LogP contribution in [-0.2, 0) is 11.2 Å². The van der Waals surface area contributed by atoms with Gasteiger partial charge in [0.05, 0.1) is 18.7 Å². The molecule has 2 amide bonds. The number of nitrogens with zero attached hydrogens (tertiary/aromatic N) is 2. The van der Waals surface area contributed by atoms with Gasteiger partial charge in [-0.2, -0.15) is 13.2 Å². The summed E-state index contributed by atoms with van der Waals surface area (Å²) in [5.41, 5.74) is -0.0447. The molecular weight excluding hydrogens is 311 g/mol. The molecule has 8 heteroatoms. The van der Waals surface area contributed by atoms with Crippen LogP contribution < -0.4 is 5.32 Å². The fourth-order valence-corrected chi connectivity index (χ4v) is 2.48. The number of ether oxygens (including phenoxy) is 1. The first-order valence-electron chi connectivity index (χ1n) is 7.33. The maximum Gasteiger partial charge on any atom is 0.416 e. The van der Waals surface area contributed by atoms with E-state index in [-0.39, 0.29) is 6.54 Å². The van der Waals surface area contributed by atoms with Crippen LogP contribution in [0.4, 0.5) is 18.0 Å². The van der Waals surface area contributed by atoms with Gasteiger partial charge in [0.1, 0.15) is 0 Å². The average Bonchev–Trinajstić information content (AvgIpc) is 2.45. The van der Waals surface area contributed by atoms with E-state index in [4.69, 9.17) is 4.74 Å². The molecule has 1 atom stereocenters. The van der Waals surface area contributed by atoms with Gasteiger partial charge in [-0.05, 0) is 38.0 Å². The standard InChI is InChI=1S/C15H20F3N3O2/c1-14(2)10-21(9-12(23-14)15(16,17)18)13(22)20-8-5-11-3-6-19-7-4-11/h3-4,6-7,12H,5,8-10H2,1-2H3,(H,20,22)/t12-/m0/s1. The summed E-state index contributed by atoms with van der Waals surface area (Å²) in [4.78, 5) is 17.2. The van der Waals surface area contributed by atoms with Crippen LogP contribution in [0, 0.1) is 0 Å². The monoisotopic (exact) mass is 331 g/mol. The number of halogens is 3. The van der Waals surface area contributed by atoms with E-state index in [0.29, 0.717) is 13.0 Å². The Hall–Kier alpha value is -1.83. The summed E-state index contributed by atoms with van der Waals surface area (Å²) in [7, 11) is 0. The Morgan fingerprint density at radius 2 is 2.09 bits per heavy atom. The number of nitrogens with one attached hydrogen (secondary N) is 1. The molecule has 23 heavy (non-hydrogen) atoms. The summed E-state index contributed by atoms with van der Waals surface area (Å²) in [5, 5.41) is 2.65. The van der Waals surface area contributed by atoms with Gasteiger partial charge in [-0.1, -0.05) is 0 Å². The van der Waals surface area contributed by atoms with Gasteiger partial charge in [0, 0.05) is 18.9 Å². The molecule has 1 fully saturated rings. The molecule has 2 heterocycles. The summed E-state index contributed by atoms with van der Waals surface area (Å²) >= 11 is 0. The summed E-state index contributed by atoms with van der Waals surface area (Å²) in [6.07, 6.45) is -2.57. The number of rotatable bonds is 3. The lowest BCUT2D eigenvalue weighted by Gasteiger charge is -2.43. The zero-order chi connectivity index (χ0) is 17.1. The Balaban J connectivity index is 1.90. The fraction of sp³-hybridized carbons (Fsp3) is 0.600. The van der Waals surface area contributed by atoms with Crippen molar-refractivity contribution in [3.05, 3.63) is 30.1 Å². The molecule has 1 aliphatic heterocycles. The van der Waals surface area contributed by atoms with Crippen LogP contribution in [0.15, 0.2) is 24.5 Å². The number of carbonyl (C=O) groups excluding carboxylic acids is 1. The zero-order valence-electron chi connectivity index (χ0n) is 13.1. The smallest absolute Gasteiger partial charge is 0.359 e. The molecule has 0 bridgehead atoms. The second-order valence-corrected chi connectivity index (χ2v) is 6.13. The highest BCUT2D eigenvalue weighted by Gasteiger charge is 2.49. The predicted molar refractivity (Wildman–Crippen MR) is 77.9 cm³/mol. The summed E-state index contributed by atoms with van der Waals surface area (Å²) in [6.45, 7) is 3.05. The number of aromatic nitrogens is 1. The third-order valence-corrected chi connectivity index (χ3v) is 3.51. The molecule has 1 aromatic heterocycles. The number of urea groups is 1. The Kier molecular flexibility index (Phi) is 5.13. The summed E-state index contributed by atoms with van der Waals surface area (Å²) < 4.78 is 43.8. The van der Waals surface area contributed by atoms with E-state index in [1.165, 1.54) is 0 Å². The van der Waals surface area contributed by atoms with Crippen molar-refractivity contribution in [3.63, 3.8) is 0 Å². The van der Waals surface area contributed by atoms with Crippen LogP contribution in [0.1, 0.15) is 19.4 Å². The number of alkyl halides is 3. The van der Waals surface area contributed by atoms with Gasteiger partial charge in [-0.15, -0.1) is 0 Å². The third-order valence-electron chi connectivity index (χ3n) is 3.51. The second kappa shape index (κ2) is 6.74. The van der Waals surface area contributed by atoms with Crippen molar-refractivity contribution in [2.75, 3.05) is 19.6 Å². The van der Waals surface area contributed by atoms with Crippen molar-refractivity contribution in [2.45, 2.75) is 38.1 Å². The number of hydrogen-bond acceptors (Lipinski definition) is 3. The molecule has 1 saturated heterocycles. The lowest BCUT2D eigenvalue weighted by molar-refractivity contribution is -0.267. The molecule has 5 nitrogen and oxygen atoms in total. The van der Waals surface area contributed by atoms with Crippen molar-refractivity contribution in [1.82, 2.24) is 15.2 Å². The molecule has 1 aromatic rings. The van der Waals surface area contributed by atoms with Crippen molar-refractivity contribution >= 4 is 6.03 Å². The van der Waals surface area contributed by atoms with Crippen molar-refractivity contribution < 1.29 is 22.7 Å². The Labute approximate surface area is 132 Å². The molecule has 0 spiro atoms. The third kappa shape index (κ3) is 5.09. The lowest BCUT2D eigenvalue weighted by atomic mass is 10.1. The highest BCUT2D eigenvalue weighted by Crippen LogP contribution is 2.31. The predicted octanol–water partition coefficient (Wildman–Crippen LogP) is 2.38. The number of carbonyl (C=O) groups is 1. The van der Waals surface area contributed by atoms with E-state index in [2.05, 4.69) is 10.3 Å². The maximum atomic E-state index is 12.9. The van der Waals surface area contributed by atoms with Gasteiger partial charge in [0.2, 0.25) is 0 Å². The Bertz CT molecular complexity index is 535. The first-order valence-corrected chi connectivity index (χ1v) is 7.33. The summed E-state index contributed by atoms with van der Waals surface area (Å²) in [5.74, 6) is 0. The van der Waals surface area contributed by atoms with Gasteiger partial charge in [0.25, 0.3) is 0 Å². The molecular formula is C15H20F3N3O2. The van der Waals surface area contributed by atoms with Crippen LogP contribution >= 0.6 is 0 Å². The van der Waals surface area contributed by atoms with Crippen LogP contribution in [0.5, 0.6) is 0 Å². The molecule has 1 N–H and O–H groups in total. The van der Waals surface area contributed by atoms with Crippen LogP contribution in [0.3, 0.4) is 0 Å². The minimum Gasteiger partial charge on any atom is -0.359 e. The lowest BCUT2D eigenvalue weighted by Crippen LogP contribution is -2.60. The van der Waals surface area contributed by atoms with E-state index in [1.54, 1.807) is 26.2 Å². The summed E-state index contributed by atoms with van der Waals surface area (Å²) in [6, 6.07) is 3.14. The first-order chi connectivity index (χ1) is 10.7. The van der Waals surface area contributed by atoms with E-state index < -0.39 is 30.5 Å². The highest BCUT2D eigenvalue weighted by atomic mass is 19.4. The van der Waals surface area contributed by atoms with Gasteiger partial charge in [-0.3, -0.25) is 4.98 Å². The van der Waals surface area contributed by atoms with Crippen molar-refractivity contribution in [2.24, 2.45) is 0 Å². The number of hydrogen-bond donors (Lipinski definition) is 1. The van der Waals surface area contributed by atoms with Gasteiger partial charge < -0.3 is 15.0 Å².